The second-order valence-electron chi connectivity index (χ2n) is 7.70. The molecule has 0 bridgehead atoms. The quantitative estimate of drug-likeness (QED) is 0.338. The first-order valence-corrected chi connectivity index (χ1v) is 10.9. The topological polar surface area (TPSA) is 83.5 Å². The number of ether oxygens (including phenoxy) is 5. The van der Waals surface area contributed by atoms with Crippen molar-refractivity contribution < 1.29 is 33.6 Å². The molecule has 2 aromatic carbocycles. The lowest BCUT2D eigenvalue weighted by Gasteiger charge is -2.34. The summed E-state index contributed by atoms with van der Waals surface area (Å²) in [6, 6.07) is 15.1. The summed E-state index contributed by atoms with van der Waals surface area (Å²) in [5.41, 5.74) is 0.905. The molecule has 0 saturated carbocycles. The molecule has 7 nitrogen and oxygen atoms in total. The fourth-order valence-corrected chi connectivity index (χ4v) is 3.03. The van der Waals surface area contributed by atoms with Crippen LogP contribution in [0.3, 0.4) is 0 Å². The molecule has 0 aliphatic carbocycles. The summed E-state index contributed by atoms with van der Waals surface area (Å²) in [6.45, 7) is 4.64. The molecule has 0 spiro atoms. The molecule has 2 rings (SSSR count). The minimum atomic E-state index is -1.01. The van der Waals surface area contributed by atoms with Crippen LogP contribution in [0.5, 0.6) is 11.5 Å². The molecule has 0 aliphatic heterocycles. The minimum absolute atomic E-state index is 0.156. The van der Waals surface area contributed by atoms with Gasteiger partial charge in [0.1, 0.15) is 17.1 Å². The van der Waals surface area contributed by atoms with Gasteiger partial charge in [-0.1, -0.05) is 30.3 Å². The number of esters is 1. The zero-order chi connectivity index (χ0) is 24.1. The van der Waals surface area contributed by atoms with Crippen LogP contribution in [-0.2, 0) is 32.2 Å². The molecule has 33 heavy (non-hydrogen) atoms. The van der Waals surface area contributed by atoms with E-state index in [1.165, 1.54) is 6.08 Å². The van der Waals surface area contributed by atoms with E-state index in [-0.39, 0.29) is 19.6 Å². The Labute approximate surface area is 195 Å². The second kappa shape index (κ2) is 13.6. The standard InChI is InChI=1S/C26H34O7/c1-5-32-25(28)8-6-7-24(27)26(2,33-18-21-11-15-23(30-4)16-12-21)19-31-17-20-9-13-22(29-3)14-10-20/h6,8-16,24,27H,5,7,17-19H2,1-4H3/b8-6+/t24-,26?/m1/s1. The maximum atomic E-state index is 11.5. The fourth-order valence-electron chi connectivity index (χ4n) is 3.03. The van der Waals surface area contributed by atoms with Crippen LogP contribution in [0.1, 0.15) is 31.4 Å². The molecule has 7 heteroatoms. The van der Waals surface area contributed by atoms with E-state index in [4.69, 9.17) is 23.7 Å². The number of aliphatic hydroxyl groups is 1. The first-order chi connectivity index (χ1) is 15.9. The van der Waals surface area contributed by atoms with Crippen LogP contribution >= 0.6 is 0 Å². The third kappa shape index (κ3) is 8.88. The Hall–Kier alpha value is -2.87. The number of benzene rings is 2. The van der Waals surface area contributed by atoms with Crippen LogP contribution in [0.2, 0.25) is 0 Å². The lowest BCUT2D eigenvalue weighted by molar-refractivity contribution is -0.156. The van der Waals surface area contributed by atoms with Crippen LogP contribution in [0.4, 0.5) is 0 Å². The first-order valence-electron chi connectivity index (χ1n) is 10.9. The molecule has 1 N–H and O–H groups in total. The van der Waals surface area contributed by atoms with Crippen LogP contribution in [0, 0.1) is 0 Å². The van der Waals surface area contributed by atoms with E-state index < -0.39 is 17.7 Å². The van der Waals surface area contributed by atoms with Crippen molar-refractivity contribution in [1.29, 1.82) is 0 Å². The number of aliphatic hydroxyl groups excluding tert-OH is 1. The normalized spacial score (nSPS) is 14.0. The average molecular weight is 459 g/mol. The van der Waals surface area contributed by atoms with E-state index >= 15 is 0 Å². The highest BCUT2D eigenvalue weighted by Crippen LogP contribution is 2.24. The molecule has 1 unspecified atom stereocenters. The van der Waals surface area contributed by atoms with Crippen molar-refractivity contribution in [1.82, 2.24) is 0 Å². The van der Waals surface area contributed by atoms with Gasteiger partial charge >= 0.3 is 5.97 Å². The van der Waals surface area contributed by atoms with Gasteiger partial charge in [0.15, 0.2) is 0 Å². The van der Waals surface area contributed by atoms with Gasteiger partial charge in [-0.25, -0.2) is 4.79 Å². The molecule has 0 heterocycles. The zero-order valence-corrected chi connectivity index (χ0v) is 19.8. The minimum Gasteiger partial charge on any atom is -0.497 e. The third-order valence-electron chi connectivity index (χ3n) is 5.15. The Balaban J connectivity index is 2.02. The van der Waals surface area contributed by atoms with Crippen molar-refractivity contribution in [2.45, 2.75) is 45.2 Å². The van der Waals surface area contributed by atoms with E-state index in [0.717, 1.165) is 22.6 Å². The maximum Gasteiger partial charge on any atom is 0.330 e. The van der Waals surface area contributed by atoms with Gasteiger partial charge in [0, 0.05) is 6.08 Å². The molecule has 0 aliphatic rings. The Morgan fingerprint density at radius 1 is 0.970 bits per heavy atom. The van der Waals surface area contributed by atoms with Gasteiger partial charge < -0.3 is 28.8 Å². The van der Waals surface area contributed by atoms with Gasteiger partial charge in [0.25, 0.3) is 0 Å². The van der Waals surface area contributed by atoms with Gasteiger partial charge in [-0.3, -0.25) is 0 Å². The van der Waals surface area contributed by atoms with Crippen molar-refractivity contribution in [3.63, 3.8) is 0 Å². The molecular weight excluding hydrogens is 424 g/mol. The van der Waals surface area contributed by atoms with Crippen molar-refractivity contribution in [3.8, 4) is 11.5 Å². The number of rotatable bonds is 14. The van der Waals surface area contributed by atoms with Crippen LogP contribution in [0.25, 0.3) is 0 Å². The Morgan fingerprint density at radius 3 is 2.03 bits per heavy atom. The predicted octanol–water partition coefficient (Wildman–Crippen LogP) is 4.07. The largest absolute Gasteiger partial charge is 0.497 e. The van der Waals surface area contributed by atoms with Gasteiger partial charge in [-0.2, -0.15) is 0 Å². The second-order valence-corrected chi connectivity index (χ2v) is 7.70. The highest BCUT2D eigenvalue weighted by molar-refractivity contribution is 5.81. The van der Waals surface area contributed by atoms with Crippen LogP contribution in [-0.4, -0.2) is 50.2 Å². The summed E-state index contributed by atoms with van der Waals surface area (Å²) in [5, 5.41) is 10.9. The first kappa shape index (κ1) is 26.4. The molecular formula is C26H34O7. The number of carbonyl (C=O) groups excluding carboxylic acids is 1. The van der Waals surface area contributed by atoms with Gasteiger partial charge in [0.2, 0.25) is 0 Å². The third-order valence-corrected chi connectivity index (χ3v) is 5.15. The van der Waals surface area contributed by atoms with Gasteiger partial charge in [0.05, 0.1) is 46.8 Å². The molecule has 180 valence electrons. The SMILES string of the molecule is CCOC(=O)/C=C/C[C@@H](O)C(C)(COCc1ccc(OC)cc1)OCc1ccc(OC)cc1. The lowest BCUT2D eigenvalue weighted by atomic mass is 9.96. The number of hydrogen-bond acceptors (Lipinski definition) is 7. The Bertz CT molecular complexity index is 861. The van der Waals surface area contributed by atoms with Crippen LogP contribution < -0.4 is 9.47 Å². The monoisotopic (exact) mass is 458 g/mol. The molecule has 2 aromatic rings. The summed E-state index contributed by atoms with van der Waals surface area (Å²) in [7, 11) is 3.23. The van der Waals surface area contributed by atoms with Crippen molar-refractivity contribution in [3.05, 3.63) is 71.8 Å². The van der Waals surface area contributed by atoms with Crippen molar-refractivity contribution in [2.75, 3.05) is 27.4 Å². The lowest BCUT2D eigenvalue weighted by Crippen LogP contribution is -2.46. The molecule has 0 radical (unpaired) electrons. The average Bonchev–Trinajstić information content (AvgIpc) is 2.83. The number of carbonyl (C=O) groups is 1. The van der Waals surface area contributed by atoms with Gasteiger partial charge in [-0.05, 0) is 55.7 Å². The van der Waals surface area contributed by atoms with E-state index in [0.29, 0.717) is 13.2 Å². The van der Waals surface area contributed by atoms with Crippen LogP contribution in [0.15, 0.2) is 60.7 Å². The summed E-state index contributed by atoms with van der Waals surface area (Å²) in [5.74, 6) is 1.09. The molecule has 0 fully saturated rings. The maximum absolute atomic E-state index is 11.5. The Morgan fingerprint density at radius 2 is 1.52 bits per heavy atom. The smallest absolute Gasteiger partial charge is 0.330 e. The summed E-state index contributed by atoms with van der Waals surface area (Å²) < 4.78 is 27.3. The van der Waals surface area contributed by atoms with Gasteiger partial charge in [-0.15, -0.1) is 0 Å². The van der Waals surface area contributed by atoms with Crippen molar-refractivity contribution in [2.24, 2.45) is 0 Å². The Kier molecular flexibility index (Phi) is 10.9. The van der Waals surface area contributed by atoms with E-state index in [2.05, 4.69) is 0 Å². The zero-order valence-electron chi connectivity index (χ0n) is 19.8. The highest BCUT2D eigenvalue weighted by atomic mass is 16.6. The van der Waals surface area contributed by atoms with Crippen molar-refractivity contribution >= 4 is 5.97 Å². The fraction of sp³-hybridized carbons (Fsp3) is 0.423. The summed E-state index contributed by atoms with van der Waals surface area (Å²) in [6.07, 6.45) is 2.21. The summed E-state index contributed by atoms with van der Waals surface area (Å²) >= 11 is 0. The summed E-state index contributed by atoms with van der Waals surface area (Å²) in [4.78, 5) is 11.5. The van der Waals surface area contributed by atoms with E-state index in [1.54, 1.807) is 34.1 Å². The molecule has 0 aromatic heterocycles. The number of methoxy groups -OCH3 is 2. The molecule has 0 saturated heterocycles. The number of hydrogen-bond donors (Lipinski definition) is 1. The molecule has 0 amide bonds. The highest BCUT2D eigenvalue weighted by Gasteiger charge is 2.34. The van der Waals surface area contributed by atoms with E-state index in [9.17, 15) is 9.90 Å². The molecule has 2 atom stereocenters. The van der Waals surface area contributed by atoms with E-state index in [1.807, 2.05) is 48.5 Å². The predicted molar refractivity (Wildman–Crippen MR) is 125 cm³/mol.